The summed E-state index contributed by atoms with van der Waals surface area (Å²) in [7, 11) is 0. The van der Waals surface area contributed by atoms with Crippen LogP contribution in [0.5, 0.6) is 0 Å². The molecule has 120 valence electrons. The quantitative estimate of drug-likeness (QED) is 0.897. The van der Waals surface area contributed by atoms with Gasteiger partial charge in [0, 0.05) is 28.2 Å². The summed E-state index contributed by atoms with van der Waals surface area (Å²) in [5, 5.41) is 9.54. The standard InChI is InChI=1S/C18H20N2O2S/c1-4-10-5-6-14(23-10)15-11(9-19)17(20)22-13-8-18(2,3)7-12(21)16(13)15/h5-6,15H,4,7-8,20H2,1-3H3/t15-/m1/s1. The highest BCUT2D eigenvalue weighted by molar-refractivity contribution is 7.12. The number of nitriles is 1. The number of thiophene rings is 1. The highest BCUT2D eigenvalue weighted by Gasteiger charge is 2.43. The molecule has 0 aromatic carbocycles. The number of carbonyl (C=O) groups excluding carboxylic acids is 1. The van der Waals surface area contributed by atoms with Gasteiger partial charge in [-0.25, -0.2) is 0 Å². The van der Waals surface area contributed by atoms with E-state index in [0.717, 1.165) is 11.3 Å². The van der Waals surface area contributed by atoms with Gasteiger partial charge in [-0.05, 0) is 24.0 Å². The minimum atomic E-state index is -0.377. The van der Waals surface area contributed by atoms with Crippen molar-refractivity contribution in [3.05, 3.63) is 44.7 Å². The zero-order valence-electron chi connectivity index (χ0n) is 13.6. The molecule has 4 nitrogen and oxygen atoms in total. The zero-order chi connectivity index (χ0) is 16.8. The molecule has 0 fully saturated rings. The molecule has 0 radical (unpaired) electrons. The minimum Gasteiger partial charge on any atom is -0.444 e. The summed E-state index contributed by atoms with van der Waals surface area (Å²) in [5.74, 6) is 0.456. The van der Waals surface area contributed by atoms with Crippen molar-refractivity contribution in [1.29, 1.82) is 5.26 Å². The van der Waals surface area contributed by atoms with Crippen LogP contribution in [0.1, 0.15) is 49.3 Å². The van der Waals surface area contributed by atoms with Crippen molar-refractivity contribution in [2.75, 3.05) is 0 Å². The largest absolute Gasteiger partial charge is 0.444 e. The Morgan fingerprint density at radius 3 is 2.78 bits per heavy atom. The average molecular weight is 328 g/mol. The SMILES string of the molecule is CCc1ccc([C@H]2C(C#N)=C(N)OC3=C2C(=O)CC(C)(C)C3)s1. The van der Waals surface area contributed by atoms with Crippen molar-refractivity contribution >= 4 is 17.1 Å². The second-order valence-electron chi connectivity index (χ2n) is 6.86. The monoisotopic (exact) mass is 328 g/mol. The smallest absolute Gasteiger partial charge is 0.205 e. The van der Waals surface area contributed by atoms with Crippen molar-refractivity contribution in [1.82, 2.24) is 0 Å². The fourth-order valence-electron chi connectivity index (χ4n) is 3.31. The molecular formula is C18H20N2O2S. The number of allylic oxidation sites excluding steroid dienone is 3. The van der Waals surface area contributed by atoms with Gasteiger partial charge in [0.1, 0.15) is 17.4 Å². The fraction of sp³-hybridized carbons (Fsp3) is 0.444. The van der Waals surface area contributed by atoms with Gasteiger partial charge in [0.2, 0.25) is 5.88 Å². The van der Waals surface area contributed by atoms with Gasteiger partial charge >= 0.3 is 0 Å². The molecule has 0 unspecified atom stereocenters. The van der Waals surface area contributed by atoms with Crippen LogP contribution in [0.15, 0.2) is 34.9 Å². The molecule has 5 heteroatoms. The molecular weight excluding hydrogens is 308 g/mol. The van der Waals surface area contributed by atoms with E-state index in [1.54, 1.807) is 11.3 Å². The van der Waals surface area contributed by atoms with Crippen LogP contribution in [0.25, 0.3) is 0 Å². The first-order valence-electron chi connectivity index (χ1n) is 7.78. The number of nitrogens with zero attached hydrogens (tertiary/aromatic N) is 1. The van der Waals surface area contributed by atoms with Crippen LogP contribution in [-0.4, -0.2) is 5.78 Å². The highest BCUT2D eigenvalue weighted by atomic mass is 32.1. The fourth-order valence-corrected chi connectivity index (χ4v) is 4.38. The topological polar surface area (TPSA) is 76.1 Å². The molecule has 1 aliphatic heterocycles. The molecule has 0 saturated carbocycles. The number of Topliss-reactive ketones (excluding diaryl/α,β-unsaturated/α-hetero) is 1. The summed E-state index contributed by atoms with van der Waals surface area (Å²) in [5.41, 5.74) is 6.82. The maximum Gasteiger partial charge on any atom is 0.205 e. The molecule has 0 amide bonds. The van der Waals surface area contributed by atoms with E-state index >= 15 is 0 Å². The van der Waals surface area contributed by atoms with Crippen LogP contribution < -0.4 is 5.73 Å². The molecule has 1 aromatic heterocycles. The first-order chi connectivity index (χ1) is 10.9. The molecule has 2 heterocycles. The van der Waals surface area contributed by atoms with Crippen LogP contribution in [0.3, 0.4) is 0 Å². The second-order valence-corrected chi connectivity index (χ2v) is 8.06. The van der Waals surface area contributed by atoms with E-state index in [-0.39, 0.29) is 23.0 Å². The number of ketones is 1. The van der Waals surface area contributed by atoms with E-state index in [0.29, 0.717) is 29.7 Å². The number of hydrogen-bond acceptors (Lipinski definition) is 5. The van der Waals surface area contributed by atoms with Gasteiger partial charge in [-0.15, -0.1) is 11.3 Å². The van der Waals surface area contributed by atoms with E-state index in [2.05, 4.69) is 19.1 Å². The molecule has 0 spiro atoms. The lowest BCUT2D eigenvalue weighted by Gasteiger charge is -2.36. The maximum absolute atomic E-state index is 12.8. The van der Waals surface area contributed by atoms with Crippen molar-refractivity contribution < 1.29 is 9.53 Å². The van der Waals surface area contributed by atoms with Crippen molar-refractivity contribution in [3.63, 3.8) is 0 Å². The van der Waals surface area contributed by atoms with Gasteiger partial charge in [-0.2, -0.15) is 5.26 Å². The Kier molecular flexibility index (Phi) is 3.81. The Hall–Kier alpha value is -2.06. The zero-order valence-corrected chi connectivity index (χ0v) is 14.4. The second kappa shape index (κ2) is 5.54. The first kappa shape index (κ1) is 15.8. The molecule has 1 aromatic rings. The lowest BCUT2D eigenvalue weighted by atomic mass is 9.71. The Balaban J connectivity index is 2.15. The Morgan fingerprint density at radius 2 is 2.17 bits per heavy atom. The number of ether oxygens (including phenoxy) is 1. The van der Waals surface area contributed by atoms with Crippen LogP contribution in [0.4, 0.5) is 0 Å². The predicted octanol–water partition coefficient (Wildman–Crippen LogP) is 3.76. The normalized spacial score (nSPS) is 23.4. The Morgan fingerprint density at radius 1 is 1.43 bits per heavy atom. The summed E-state index contributed by atoms with van der Waals surface area (Å²) >= 11 is 1.64. The van der Waals surface area contributed by atoms with Crippen molar-refractivity contribution in [2.45, 2.75) is 46.0 Å². The van der Waals surface area contributed by atoms with Gasteiger partial charge in [0.25, 0.3) is 0 Å². The minimum absolute atomic E-state index is 0.0629. The van der Waals surface area contributed by atoms with Gasteiger partial charge in [-0.1, -0.05) is 20.8 Å². The number of rotatable bonds is 2. The van der Waals surface area contributed by atoms with Crippen LogP contribution in [0, 0.1) is 16.7 Å². The average Bonchev–Trinajstić information content (AvgIpc) is 2.93. The molecule has 3 rings (SSSR count). The highest BCUT2D eigenvalue weighted by Crippen LogP contribution is 2.48. The Bertz CT molecular complexity index is 777. The Labute approximate surface area is 140 Å². The third kappa shape index (κ3) is 2.68. The van der Waals surface area contributed by atoms with Crippen molar-refractivity contribution in [2.24, 2.45) is 11.1 Å². The van der Waals surface area contributed by atoms with E-state index in [1.165, 1.54) is 4.88 Å². The molecule has 2 N–H and O–H groups in total. The van der Waals surface area contributed by atoms with Crippen LogP contribution in [0.2, 0.25) is 0 Å². The van der Waals surface area contributed by atoms with E-state index in [1.807, 2.05) is 19.9 Å². The van der Waals surface area contributed by atoms with E-state index in [4.69, 9.17) is 10.5 Å². The summed E-state index contributed by atoms with van der Waals surface area (Å²) in [6, 6.07) is 6.21. The van der Waals surface area contributed by atoms with Crippen molar-refractivity contribution in [3.8, 4) is 6.07 Å². The third-order valence-electron chi connectivity index (χ3n) is 4.39. The predicted molar refractivity (Wildman–Crippen MR) is 89.4 cm³/mol. The molecule has 1 aliphatic carbocycles. The molecule has 2 aliphatic rings. The summed E-state index contributed by atoms with van der Waals surface area (Å²) in [6.45, 7) is 6.19. The van der Waals surface area contributed by atoms with Crippen LogP contribution in [-0.2, 0) is 16.0 Å². The molecule has 23 heavy (non-hydrogen) atoms. The first-order valence-corrected chi connectivity index (χ1v) is 8.60. The van der Waals surface area contributed by atoms with Gasteiger partial charge < -0.3 is 10.5 Å². The summed E-state index contributed by atoms with van der Waals surface area (Å²) in [4.78, 5) is 15.0. The van der Waals surface area contributed by atoms with Gasteiger partial charge in [0.05, 0.1) is 5.92 Å². The lowest BCUT2D eigenvalue weighted by Crippen LogP contribution is -2.33. The lowest BCUT2D eigenvalue weighted by molar-refractivity contribution is -0.119. The van der Waals surface area contributed by atoms with E-state index < -0.39 is 0 Å². The van der Waals surface area contributed by atoms with E-state index in [9.17, 15) is 10.1 Å². The van der Waals surface area contributed by atoms with Crippen LogP contribution >= 0.6 is 11.3 Å². The van der Waals surface area contributed by atoms with Gasteiger partial charge in [-0.3, -0.25) is 4.79 Å². The molecule has 0 saturated heterocycles. The molecule has 1 atom stereocenters. The number of nitrogens with two attached hydrogens (primary N) is 1. The number of carbonyl (C=O) groups is 1. The summed E-state index contributed by atoms with van der Waals surface area (Å²) < 4.78 is 5.68. The maximum atomic E-state index is 12.8. The number of hydrogen-bond donors (Lipinski definition) is 1. The molecule has 0 bridgehead atoms. The third-order valence-corrected chi connectivity index (χ3v) is 5.69. The van der Waals surface area contributed by atoms with Gasteiger partial charge in [0.15, 0.2) is 5.78 Å². The summed E-state index contributed by atoms with van der Waals surface area (Å²) in [6.07, 6.45) is 2.06. The number of aryl methyl sites for hydroxylation is 1.